The highest BCUT2D eigenvalue weighted by atomic mass is 16.5. The van der Waals surface area contributed by atoms with Crippen LogP contribution in [0.3, 0.4) is 0 Å². The van der Waals surface area contributed by atoms with E-state index in [0.29, 0.717) is 17.6 Å². The third-order valence-electron chi connectivity index (χ3n) is 4.16. The molecule has 1 N–H and O–H groups in total. The zero-order valence-corrected chi connectivity index (χ0v) is 12.4. The maximum absolute atomic E-state index is 6.00. The van der Waals surface area contributed by atoms with Gasteiger partial charge in [-0.2, -0.15) is 0 Å². The van der Waals surface area contributed by atoms with E-state index in [-0.39, 0.29) is 5.54 Å². The Morgan fingerprint density at radius 3 is 2.56 bits per heavy atom. The standard InChI is InChI=1S/C15H29NO2/c1-12-5-6-13(18-12)9-15(7-8-17-11-15)10-16-14(2,3)4/h12-13,16H,5-11H2,1-4H3. The molecule has 0 spiro atoms. The van der Waals surface area contributed by atoms with E-state index in [9.17, 15) is 0 Å². The van der Waals surface area contributed by atoms with Crippen LogP contribution in [0, 0.1) is 5.41 Å². The van der Waals surface area contributed by atoms with Crippen LogP contribution in [0.25, 0.3) is 0 Å². The fourth-order valence-corrected chi connectivity index (χ4v) is 2.99. The zero-order valence-electron chi connectivity index (χ0n) is 12.4. The van der Waals surface area contributed by atoms with Crippen molar-refractivity contribution in [3.05, 3.63) is 0 Å². The van der Waals surface area contributed by atoms with Crippen LogP contribution in [0.5, 0.6) is 0 Å². The smallest absolute Gasteiger partial charge is 0.0586 e. The van der Waals surface area contributed by atoms with Gasteiger partial charge in [-0.3, -0.25) is 0 Å². The average Bonchev–Trinajstić information content (AvgIpc) is 2.86. The zero-order chi connectivity index (χ0) is 13.2. The van der Waals surface area contributed by atoms with Crippen LogP contribution < -0.4 is 5.32 Å². The van der Waals surface area contributed by atoms with Gasteiger partial charge in [-0.15, -0.1) is 0 Å². The molecule has 3 atom stereocenters. The fraction of sp³-hybridized carbons (Fsp3) is 1.00. The summed E-state index contributed by atoms with van der Waals surface area (Å²) >= 11 is 0. The highest BCUT2D eigenvalue weighted by Crippen LogP contribution is 2.37. The molecule has 2 aliphatic heterocycles. The van der Waals surface area contributed by atoms with Crippen molar-refractivity contribution in [1.82, 2.24) is 5.32 Å². The lowest BCUT2D eigenvalue weighted by atomic mass is 9.80. The topological polar surface area (TPSA) is 30.5 Å². The van der Waals surface area contributed by atoms with Crippen LogP contribution in [0.1, 0.15) is 53.4 Å². The highest BCUT2D eigenvalue weighted by molar-refractivity contribution is 4.91. The summed E-state index contributed by atoms with van der Waals surface area (Å²) in [7, 11) is 0. The van der Waals surface area contributed by atoms with Crippen molar-refractivity contribution in [3.63, 3.8) is 0 Å². The van der Waals surface area contributed by atoms with Gasteiger partial charge in [0.1, 0.15) is 0 Å². The van der Waals surface area contributed by atoms with E-state index >= 15 is 0 Å². The molecule has 0 aromatic carbocycles. The van der Waals surface area contributed by atoms with E-state index in [2.05, 4.69) is 33.0 Å². The minimum absolute atomic E-state index is 0.180. The summed E-state index contributed by atoms with van der Waals surface area (Å²) < 4.78 is 11.7. The van der Waals surface area contributed by atoms with Crippen molar-refractivity contribution in [2.75, 3.05) is 19.8 Å². The van der Waals surface area contributed by atoms with Crippen molar-refractivity contribution in [2.45, 2.75) is 71.1 Å². The van der Waals surface area contributed by atoms with Gasteiger partial charge < -0.3 is 14.8 Å². The molecule has 2 fully saturated rings. The Morgan fingerprint density at radius 1 is 1.28 bits per heavy atom. The predicted molar refractivity (Wildman–Crippen MR) is 73.8 cm³/mol. The van der Waals surface area contributed by atoms with Crippen LogP contribution in [0.15, 0.2) is 0 Å². The van der Waals surface area contributed by atoms with Crippen LogP contribution in [0.4, 0.5) is 0 Å². The molecule has 3 unspecified atom stereocenters. The van der Waals surface area contributed by atoms with Crippen LogP contribution in [0.2, 0.25) is 0 Å². The van der Waals surface area contributed by atoms with Crippen molar-refractivity contribution >= 4 is 0 Å². The second-order valence-corrected chi connectivity index (χ2v) is 7.26. The fourth-order valence-electron chi connectivity index (χ4n) is 2.99. The number of nitrogens with one attached hydrogen (secondary N) is 1. The normalized spacial score (nSPS) is 37.3. The predicted octanol–water partition coefficient (Wildman–Crippen LogP) is 2.74. The molecule has 0 saturated carbocycles. The van der Waals surface area contributed by atoms with Crippen molar-refractivity contribution < 1.29 is 9.47 Å². The Kier molecular flexibility index (Phi) is 4.35. The molecule has 2 aliphatic rings. The summed E-state index contributed by atoms with van der Waals surface area (Å²) in [5.74, 6) is 0. The monoisotopic (exact) mass is 255 g/mol. The molecule has 3 nitrogen and oxygen atoms in total. The average molecular weight is 255 g/mol. The van der Waals surface area contributed by atoms with E-state index in [0.717, 1.165) is 26.2 Å². The quantitative estimate of drug-likeness (QED) is 0.838. The summed E-state index contributed by atoms with van der Waals surface area (Å²) in [6.07, 6.45) is 5.66. The second kappa shape index (κ2) is 5.48. The molecule has 0 aromatic heterocycles. The van der Waals surface area contributed by atoms with Crippen LogP contribution in [-0.2, 0) is 9.47 Å². The number of ether oxygens (including phenoxy) is 2. The Bertz CT molecular complexity index is 266. The van der Waals surface area contributed by atoms with Gasteiger partial charge in [0.15, 0.2) is 0 Å². The molecular formula is C15H29NO2. The third-order valence-corrected chi connectivity index (χ3v) is 4.16. The lowest BCUT2D eigenvalue weighted by Gasteiger charge is -2.34. The molecule has 0 aromatic rings. The molecule has 2 saturated heterocycles. The number of rotatable bonds is 4. The summed E-state index contributed by atoms with van der Waals surface area (Å²) in [6, 6.07) is 0. The molecule has 3 heteroatoms. The first kappa shape index (κ1) is 14.3. The highest BCUT2D eigenvalue weighted by Gasteiger charge is 2.39. The molecule has 18 heavy (non-hydrogen) atoms. The van der Waals surface area contributed by atoms with Gasteiger partial charge >= 0.3 is 0 Å². The molecule has 2 rings (SSSR count). The summed E-state index contributed by atoms with van der Waals surface area (Å²) in [5, 5.41) is 3.65. The lowest BCUT2D eigenvalue weighted by molar-refractivity contribution is 0.0162. The Labute approximate surface area is 112 Å². The molecule has 0 radical (unpaired) electrons. The summed E-state index contributed by atoms with van der Waals surface area (Å²) in [6.45, 7) is 11.7. The van der Waals surface area contributed by atoms with Gasteiger partial charge in [0, 0.05) is 24.1 Å². The second-order valence-electron chi connectivity index (χ2n) is 7.26. The third kappa shape index (κ3) is 3.94. The van der Waals surface area contributed by atoms with Crippen molar-refractivity contribution in [2.24, 2.45) is 5.41 Å². The van der Waals surface area contributed by atoms with E-state index < -0.39 is 0 Å². The van der Waals surface area contributed by atoms with Crippen LogP contribution >= 0.6 is 0 Å². The van der Waals surface area contributed by atoms with Gasteiger partial charge in [-0.1, -0.05) is 0 Å². The first-order valence-electron chi connectivity index (χ1n) is 7.37. The van der Waals surface area contributed by atoms with E-state index in [4.69, 9.17) is 9.47 Å². The van der Waals surface area contributed by atoms with Crippen LogP contribution in [-0.4, -0.2) is 37.5 Å². The molecule has 0 aliphatic carbocycles. The van der Waals surface area contributed by atoms with E-state index in [1.807, 2.05) is 0 Å². The van der Waals surface area contributed by atoms with Gasteiger partial charge in [-0.25, -0.2) is 0 Å². The first-order valence-corrected chi connectivity index (χ1v) is 7.37. The molecule has 106 valence electrons. The van der Waals surface area contributed by atoms with Gasteiger partial charge in [-0.05, 0) is 53.4 Å². The van der Waals surface area contributed by atoms with E-state index in [1.54, 1.807) is 0 Å². The van der Waals surface area contributed by atoms with E-state index in [1.165, 1.54) is 19.3 Å². The molecule has 0 amide bonds. The number of hydrogen-bond donors (Lipinski definition) is 1. The van der Waals surface area contributed by atoms with Gasteiger partial charge in [0.05, 0.1) is 18.8 Å². The van der Waals surface area contributed by atoms with Gasteiger partial charge in [0.2, 0.25) is 0 Å². The van der Waals surface area contributed by atoms with Crippen molar-refractivity contribution in [3.8, 4) is 0 Å². The van der Waals surface area contributed by atoms with Gasteiger partial charge in [0.25, 0.3) is 0 Å². The molecule has 2 heterocycles. The number of hydrogen-bond acceptors (Lipinski definition) is 3. The summed E-state index contributed by atoms with van der Waals surface area (Å²) in [5.41, 5.74) is 0.474. The Hall–Kier alpha value is -0.120. The minimum Gasteiger partial charge on any atom is -0.381 e. The minimum atomic E-state index is 0.180. The lowest BCUT2D eigenvalue weighted by Crippen LogP contribution is -2.45. The Morgan fingerprint density at radius 2 is 2.06 bits per heavy atom. The summed E-state index contributed by atoms with van der Waals surface area (Å²) in [4.78, 5) is 0. The maximum atomic E-state index is 6.00. The maximum Gasteiger partial charge on any atom is 0.0586 e. The largest absolute Gasteiger partial charge is 0.381 e. The Balaban J connectivity index is 1.90. The first-order chi connectivity index (χ1) is 8.39. The molecular weight excluding hydrogens is 226 g/mol. The molecule has 0 bridgehead atoms. The SMILES string of the molecule is CC1CCC(CC2(CNC(C)(C)C)CCOC2)O1. The van der Waals surface area contributed by atoms with Crippen molar-refractivity contribution in [1.29, 1.82) is 0 Å².